The number of nitrogens with one attached hydrogen (secondary N) is 2. The maximum absolute atomic E-state index is 12.0. The molecule has 0 radical (unpaired) electrons. The number of likely N-dealkylation sites (tertiary alicyclic amines) is 1. The van der Waals surface area contributed by atoms with Crippen LogP contribution >= 0.6 is 0 Å². The number of carbonyl (C=O) groups is 4. The van der Waals surface area contributed by atoms with Crippen LogP contribution in [0.2, 0.25) is 0 Å². The molecule has 0 aliphatic carbocycles. The molecule has 0 aromatic heterocycles. The molecule has 1 aliphatic rings. The van der Waals surface area contributed by atoms with Crippen LogP contribution in [0.25, 0.3) is 0 Å². The molecule has 0 atom stereocenters. The first-order valence-corrected chi connectivity index (χ1v) is 7.38. The van der Waals surface area contributed by atoms with Crippen molar-refractivity contribution < 1.29 is 19.2 Å². The van der Waals surface area contributed by atoms with Crippen LogP contribution in [0.4, 0.5) is 0 Å². The predicted octanol–water partition coefficient (Wildman–Crippen LogP) is 0.604. The second-order valence-electron chi connectivity index (χ2n) is 5.51. The van der Waals surface area contributed by atoms with Crippen molar-refractivity contribution in [1.82, 2.24) is 15.8 Å². The average molecular weight is 317 g/mol. The van der Waals surface area contributed by atoms with Gasteiger partial charge < -0.3 is 0 Å². The third-order valence-corrected chi connectivity index (χ3v) is 3.66. The van der Waals surface area contributed by atoms with Crippen molar-refractivity contribution in [3.05, 3.63) is 34.9 Å². The van der Waals surface area contributed by atoms with Gasteiger partial charge >= 0.3 is 0 Å². The Morgan fingerprint density at radius 1 is 1.09 bits per heavy atom. The van der Waals surface area contributed by atoms with E-state index in [4.69, 9.17) is 0 Å². The highest BCUT2D eigenvalue weighted by Gasteiger charge is 2.28. The molecule has 122 valence electrons. The Hall–Kier alpha value is -2.70. The van der Waals surface area contributed by atoms with Crippen molar-refractivity contribution in [2.75, 3.05) is 6.54 Å². The Bertz CT molecular complexity index is 653. The number of rotatable bonds is 4. The summed E-state index contributed by atoms with van der Waals surface area (Å²) in [7, 11) is 0. The van der Waals surface area contributed by atoms with Crippen molar-refractivity contribution in [2.24, 2.45) is 0 Å². The van der Waals surface area contributed by atoms with Crippen LogP contribution in [-0.4, -0.2) is 35.1 Å². The molecule has 4 amide bonds. The zero-order valence-electron chi connectivity index (χ0n) is 13.1. The first-order chi connectivity index (χ1) is 10.9. The van der Waals surface area contributed by atoms with Gasteiger partial charge in [-0.15, -0.1) is 0 Å². The first kappa shape index (κ1) is 16.7. The average Bonchev–Trinajstić information content (AvgIpc) is 2.81. The smallest absolute Gasteiger partial charge is 0.269 e. The summed E-state index contributed by atoms with van der Waals surface area (Å²) in [5, 5.41) is 0. The van der Waals surface area contributed by atoms with Crippen LogP contribution in [-0.2, 0) is 14.4 Å². The van der Waals surface area contributed by atoms with Gasteiger partial charge in [-0.25, -0.2) is 0 Å². The monoisotopic (exact) mass is 317 g/mol. The molecule has 1 saturated heterocycles. The van der Waals surface area contributed by atoms with Gasteiger partial charge in [-0.05, 0) is 25.5 Å². The van der Waals surface area contributed by atoms with E-state index in [0.717, 1.165) is 16.0 Å². The van der Waals surface area contributed by atoms with E-state index in [0.29, 0.717) is 5.56 Å². The molecule has 2 rings (SSSR count). The SMILES string of the molecule is Cc1ccc(C(=O)NNC(=O)CCN2C(=O)CCC2=O)c(C)c1. The van der Waals surface area contributed by atoms with Crippen molar-refractivity contribution in [3.8, 4) is 0 Å². The summed E-state index contributed by atoms with van der Waals surface area (Å²) in [4.78, 5) is 47.6. The molecule has 1 aromatic rings. The molecule has 7 heteroatoms. The minimum Gasteiger partial charge on any atom is -0.282 e. The molecule has 0 bridgehead atoms. The Kier molecular flexibility index (Phi) is 5.10. The van der Waals surface area contributed by atoms with Gasteiger partial charge in [0.1, 0.15) is 0 Å². The van der Waals surface area contributed by atoms with Gasteiger partial charge in [0.15, 0.2) is 0 Å². The number of hydrazine groups is 1. The molecule has 1 heterocycles. The van der Waals surface area contributed by atoms with Gasteiger partial charge in [0, 0.05) is 31.4 Å². The Balaban J connectivity index is 1.81. The third-order valence-electron chi connectivity index (χ3n) is 3.66. The number of aryl methyl sites for hydroxylation is 2. The lowest BCUT2D eigenvalue weighted by atomic mass is 10.1. The quantitative estimate of drug-likeness (QED) is 0.628. The van der Waals surface area contributed by atoms with Gasteiger partial charge in [-0.2, -0.15) is 0 Å². The molecule has 0 unspecified atom stereocenters. The van der Waals surface area contributed by atoms with Crippen LogP contribution in [0, 0.1) is 13.8 Å². The maximum atomic E-state index is 12.0. The molecule has 1 aliphatic heterocycles. The summed E-state index contributed by atoms with van der Waals surface area (Å²) in [5.74, 6) is -1.40. The summed E-state index contributed by atoms with van der Waals surface area (Å²) in [6, 6.07) is 5.38. The fourth-order valence-electron chi connectivity index (χ4n) is 2.41. The van der Waals surface area contributed by atoms with E-state index in [-0.39, 0.29) is 37.6 Å². The first-order valence-electron chi connectivity index (χ1n) is 7.38. The number of hydrogen-bond donors (Lipinski definition) is 2. The van der Waals surface area contributed by atoms with Gasteiger partial charge in [0.05, 0.1) is 0 Å². The minimum atomic E-state index is -0.462. The molecular formula is C16H19N3O4. The minimum absolute atomic E-state index is 0.0307. The van der Waals surface area contributed by atoms with Crippen LogP contribution in [0.1, 0.15) is 40.7 Å². The highest BCUT2D eigenvalue weighted by atomic mass is 16.2. The predicted molar refractivity (Wildman–Crippen MR) is 82.1 cm³/mol. The van der Waals surface area contributed by atoms with Crippen molar-refractivity contribution in [2.45, 2.75) is 33.1 Å². The Morgan fingerprint density at radius 3 is 2.35 bits per heavy atom. The van der Waals surface area contributed by atoms with E-state index < -0.39 is 11.8 Å². The molecule has 1 aromatic carbocycles. The second-order valence-corrected chi connectivity index (χ2v) is 5.51. The number of nitrogens with zero attached hydrogens (tertiary/aromatic N) is 1. The third kappa shape index (κ3) is 4.15. The molecule has 2 N–H and O–H groups in total. The normalized spacial score (nSPS) is 14.1. The summed E-state index contributed by atoms with van der Waals surface area (Å²) >= 11 is 0. The van der Waals surface area contributed by atoms with Crippen molar-refractivity contribution in [1.29, 1.82) is 0 Å². The number of imide groups is 1. The standard InChI is InChI=1S/C16H19N3O4/c1-10-3-4-12(11(2)9-10)16(23)18-17-13(20)7-8-19-14(21)5-6-15(19)22/h3-4,9H,5-8H2,1-2H3,(H,17,20)(H,18,23). The molecule has 0 saturated carbocycles. The molecular weight excluding hydrogens is 298 g/mol. The molecule has 1 fully saturated rings. The molecule has 23 heavy (non-hydrogen) atoms. The Morgan fingerprint density at radius 2 is 1.74 bits per heavy atom. The van der Waals surface area contributed by atoms with Gasteiger partial charge in [0.25, 0.3) is 5.91 Å². The zero-order chi connectivity index (χ0) is 17.0. The van der Waals surface area contributed by atoms with Crippen LogP contribution in [0.3, 0.4) is 0 Å². The van der Waals surface area contributed by atoms with E-state index in [2.05, 4.69) is 10.9 Å². The van der Waals surface area contributed by atoms with E-state index in [1.54, 1.807) is 6.07 Å². The lowest BCUT2D eigenvalue weighted by molar-refractivity contribution is -0.138. The maximum Gasteiger partial charge on any atom is 0.269 e. The highest BCUT2D eigenvalue weighted by molar-refractivity contribution is 6.02. The van der Waals surface area contributed by atoms with Crippen LogP contribution in [0.15, 0.2) is 18.2 Å². The summed E-state index contributed by atoms with van der Waals surface area (Å²) < 4.78 is 0. The number of carbonyl (C=O) groups excluding carboxylic acids is 4. The number of hydrogen-bond acceptors (Lipinski definition) is 4. The highest BCUT2D eigenvalue weighted by Crippen LogP contribution is 2.12. The van der Waals surface area contributed by atoms with E-state index in [1.165, 1.54) is 0 Å². The zero-order valence-corrected chi connectivity index (χ0v) is 13.1. The lowest BCUT2D eigenvalue weighted by Gasteiger charge is -2.14. The topological polar surface area (TPSA) is 95.6 Å². The Labute approximate surface area is 134 Å². The summed E-state index contributed by atoms with van der Waals surface area (Å²) in [6.07, 6.45) is 0.346. The van der Waals surface area contributed by atoms with E-state index >= 15 is 0 Å². The number of amides is 4. The van der Waals surface area contributed by atoms with Crippen molar-refractivity contribution in [3.63, 3.8) is 0 Å². The fourth-order valence-corrected chi connectivity index (χ4v) is 2.41. The van der Waals surface area contributed by atoms with Gasteiger partial charge in [0.2, 0.25) is 17.7 Å². The summed E-state index contributed by atoms with van der Waals surface area (Å²) in [5.41, 5.74) is 6.95. The molecule has 0 spiro atoms. The van der Waals surface area contributed by atoms with E-state index in [9.17, 15) is 19.2 Å². The van der Waals surface area contributed by atoms with Gasteiger partial charge in [-0.1, -0.05) is 17.7 Å². The van der Waals surface area contributed by atoms with Crippen molar-refractivity contribution >= 4 is 23.6 Å². The second kappa shape index (κ2) is 7.04. The molecule has 7 nitrogen and oxygen atoms in total. The van der Waals surface area contributed by atoms with Crippen LogP contribution < -0.4 is 10.9 Å². The van der Waals surface area contributed by atoms with Crippen LogP contribution in [0.5, 0.6) is 0 Å². The fraction of sp³-hybridized carbons (Fsp3) is 0.375. The summed E-state index contributed by atoms with van der Waals surface area (Å²) in [6.45, 7) is 3.77. The largest absolute Gasteiger partial charge is 0.282 e. The van der Waals surface area contributed by atoms with Gasteiger partial charge in [-0.3, -0.25) is 34.9 Å². The lowest BCUT2D eigenvalue weighted by Crippen LogP contribution is -2.43. The van der Waals surface area contributed by atoms with E-state index in [1.807, 2.05) is 26.0 Å². The number of benzene rings is 1.